The summed E-state index contributed by atoms with van der Waals surface area (Å²) in [5, 5.41) is 3.01. The normalized spacial score (nSPS) is 16.1. The number of ether oxygens (including phenoxy) is 2. The van der Waals surface area contributed by atoms with Crippen molar-refractivity contribution in [3.05, 3.63) is 23.8 Å². The van der Waals surface area contributed by atoms with E-state index in [2.05, 4.69) is 5.32 Å². The van der Waals surface area contributed by atoms with Crippen LogP contribution in [0.15, 0.2) is 18.2 Å². The first-order chi connectivity index (χ1) is 9.56. The van der Waals surface area contributed by atoms with Gasteiger partial charge in [0.15, 0.2) is 0 Å². The van der Waals surface area contributed by atoms with Crippen LogP contribution in [0.5, 0.6) is 5.75 Å². The van der Waals surface area contributed by atoms with Crippen LogP contribution in [0.4, 0.5) is 5.69 Å². The summed E-state index contributed by atoms with van der Waals surface area (Å²) >= 11 is 0. The van der Waals surface area contributed by atoms with Crippen LogP contribution in [0.1, 0.15) is 37.0 Å². The van der Waals surface area contributed by atoms with Crippen molar-refractivity contribution >= 4 is 11.6 Å². The second-order valence-electron chi connectivity index (χ2n) is 5.28. The molecule has 0 aliphatic carbocycles. The van der Waals surface area contributed by atoms with Crippen LogP contribution in [-0.4, -0.2) is 31.3 Å². The van der Waals surface area contributed by atoms with E-state index in [0.717, 1.165) is 12.8 Å². The standard InChI is InChI=1S/C15H22N2O3/c1-10(2)20-14-4-3-11(9-13(14)16)15(18)17-12-5-7-19-8-6-12/h3-4,9-10,12H,5-8,16H2,1-2H3,(H,17,18). The van der Waals surface area contributed by atoms with Gasteiger partial charge < -0.3 is 20.5 Å². The van der Waals surface area contributed by atoms with E-state index in [9.17, 15) is 4.79 Å². The number of benzene rings is 1. The van der Waals surface area contributed by atoms with Crippen molar-refractivity contribution in [3.8, 4) is 5.75 Å². The predicted octanol–water partition coefficient (Wildman–Crippen LogP) is 1.96. The van der Waals surface area contributed by atoms with E-state index >= 15 is 0 Å². The van der Waals surface area contributed by atoms with Gasteiger partial charge in [0.2, 0.25) is 0 Å². The molecule has 0 spiro atoms. The Bertz CT molecular complexity index is 468. The summed E-state index contributed by atoms with van der Waals surface area (Å²) in [6.07, 6.45) is 1.77. The van der Waals surface area contributed by atoms with Crippen molar-refractivity contribution in [2.75, 3.05) is 18.9 Å². The second kappa shape index (κ2) is 6.61. The lowest BCUT2D eigenvalue weighted by molar-refractivity contribution is 0.0696. The molecule has 110 valence electrons. The fourth-order valence-electron chi connectivity index (χ4n) is 2.16. The maximum absolute atomic E-state index is 12.2. The number of anilines is 1. The smallest absolute Gasteiger partial charge is 0.251 e. The molecule has 20 heavy (non-hydrogen) atoms. The first kappa shape index (κ1) is 14.7. The van der Waals surface area contributed by atoms with E-state index in [1.807, 2.05) is 13.8 Å². The second-order valence-corrected chi connectivity index (χ2v) is 5.28. The number of hydrogen-bond acceptors (Lipinski definition) is 4. The molecule has 0 atom stereocenters. The molecule has 1 saturated heterocycles. The van der Waals surface area contributed by atoms with Gasteiger partial charge in [-0.25, -0.2) is 0 Å². The van der Waals surface area contributed by atoms with Crippen molar-refractivity contribution < 1.29 is 14.3 Å². The molecule has 1 heterocycles. The van der Waals surface area contributed by atoms with Crippen molar-refractivity contribution in [1.82, 2.24) is 5.32 Å². The van der Waals surface area contributed by atoms with Crippen LogP contribution >= 0.6 is 0 Å². The van der Waals surface area contributed by atoms with Crippen molar-refractivity contribution in [3.63, 3.8) is 0 Å². The summed E-state index contributed by atoms with van der Waals surface area (Å²) in [5.74, 6) is 0.516. The van der Waals surface area contributed by atoms with Gasteiger partial charge in [0.05, 0.1) is 11.8 Å². The Morgan fingerprint density at radius 1 is 1.40 bits per heavy atom. The minimum absolute atomic E-state index is 0.0548. The third-order valence-electron chi connectivity index (χ3n) is 3.19. The highest BCUT2D eigenvalue weighted by atomic mass is 16.5. The molecule has 1 aromatic rings. The average molecular weight is 278 g/mol. The molecule has 0 unspecified atom stereocenters. The Morgan fingerprint density at radius 2 is 2.10 bits per heavy atom. The molecule has 5 heteroatoms. The third kappa shape index (κ3) is 3.87. The average Bonchev–Trinajstić information content (AvgIpc) is 2.41. The van der Waals surface area contributed by atoms with Gasteiger partial charge in [-0.05, 0) is 44.9 Å². The van der Waals surface area contributed by atoms with E-state index < -0.39 is 0 Å². The summed E-state index contributed by atoms with van der Waals surface area (Å²) in [5.41, 5.74) is 6.96. The largest absolute Gasteiger partial charge is 0.489 e. The lowest BCUT2D eigenvalue weighted by Crippen LogP contribution is -2.38. The number of nitrogen functional groups attached to an aromatic ring is 1. The molecule has 0 bridgehead atoms. The molecule has 1 aliphatic heterocycles. The first-order valence-electron chi connectivity index (χ1n) is 7.01. The number of nitrogens with two attached hydrogens (primary N) is 1. The molecule has 2 rings (SSSR count). The fourth-order valence-corrected chi connectivity index (χ4v) is 2.16. The first-order valence-corrected chi connectivity index (χ1v) is 7.01. The topological polar surface area (TPSA) is 73.6 Å². The number of amides is 1. The van der Waals surface area contributed by atoms with Gasteiger partial charge in [-0.2, -0.15) is 0 Å². The zero-order chi connectivity index (χ0) is 14.5. The summed E-state index contributed by atoms with van der Waals surface area (Å²) in [4.78, 5) is 12.2. The molecule has 1 aromatic carbocycles. The molecular formula is C15H22N2O3. The summed E-state index contributed by atoms with van der Waals surface area (Å²) in [7, 11) is 0. The highest BCUT2D eigenvalue weighted by Crippen LogP contribution is 2.23. The SMILES string of the molecule is CC(C)Oc1ccc(C(=O)NC2CCOCC2)cc1N. The van der Waals surface area contributed by atoms with E-state index in [1.54, 1.807) is 18.2 Å². The van der Waals surface area contributed by atoms with Gasteiger partial charge in [-0.3, -0.25) is 4.79 Å². The van der Waals surface area contributed by atoms with Gasteiger partial charge >= 0.3 is 0 Å². The lowest BCUT2D eigenvalue weighted by atomic mass is 10.1. The highest BCUT2D eigenvalue weighted by Gasteiger charge is 2.17. The maximum atomic E-state index is 12.2. The Hall–Kier alpha value is -1.75. The number of nitrogens with one attached hydrogen (secondary N) is 1. The van der Waals surface area contributed by atoms with Gasteiger partial charge in [-0.1, -0.05) is 0 Å². The van der Waals surface area contributed by atoms with Crippen molar-refractivity contribution in [1.29, 1.82) is 0 Å². The van der Waals surface area contributed by atoms with Crippen LogP contribution < -0.4 is 15.8 Å². The monoisotopic (exact) mass is 278 g/mol. The molecule has 5 nitrogen and oxygen atoms in total. The quantitative estimate of drug-likeness (QED) is 0.826. The van der Waals surface area contributed by atoms with Crippen molar-refractivity contribution in [2.45, 2.75) is 38.8 Å². The summed E-state index contributed by atoms with van der Waals surface area (Å²) in [6.45, 7) is 5.28. The molecule has 1 amide bonds. The maximum Gasteiger partial charge on any atom is 0.251 e. The zero-order valence-electron chi connectivity index (χ0n) is 12.0. The summed E-state index contributed by atoms with van der Waals surface area (Å²) in [6, 6.07) is 5.33. The Labute approximate surface area is 119 Å². The number of rotatable bonds is 4. The minimum atomic E-state index is -0.0975. The van der Waals surface area contributed by atoms with E-state index in [-0.39, 0.29) is 18.1 Å². The lowest BCUT2D eigenvalue weighted by Gasteiger charge is -2.23. The number of carbonyl (C=O) groups excluding carboxylic acids is 1. The van der Waals surface area contributed by atoms with Crippen LogP contribution in [-0.2, 0) is 4.74 Å². The molecule has 0 radical (unpaired) electrons. The van der Waals surface area contributed by atoms with Gasteiger partial charge in [0.1, 0.15) is 5.75 Å². The predicted molar refractivity (Wildman–Crippen MR) is 77.9 cm³/mol. The van der Waals surface area contributed by atoms with E-state index in [1.165, 1.54) is 0 Å². The van der Waals surface area contributed by atoms with Crippen LogP contribution in [0.3, 0.4) is 0 Å². The molecule has 0 saturated carbocycles. The minimum Gasteiger partial charge on any atom is -0.489 e. The van der Waals surface area contributed by atoms with Gasteiger partial charge in [0, 0.05) is 24.8 Å². The van der Waals surface area contributed by atoms with E-state index in [0.29, 0.717) is 30.2 Å². The molecule has 3 N–H and O–H groups in total. The Balaban J connectivity index is 2.01. The Morgan fingerprint density at radius 3 is 2.70 bits per heavy atom. The molecule has 0 aromatic heterocycles. The molecular weight excluding hydrogens is 256 g/mol. The fraction of sp³-hybridized carbons (Fsp3) is 0.533. The summed E-state index contributed by atoms with van der Waals surface area (Å²) < 4.78 is 10.8. The van der Waals surface area contributed by atoms with Crippen LogP contribution in [0.25, 0.3) is 0 Å². The number of carbonyl (C=O) groups is 1. The van der Waals surface area contributed by atoms with Gasteiger partial charge in [-0.15, -0.1) is 0 Å². The highest BCUT2D eigenvalue weighted by molar-refractivity contribution is 5.95. The molecule has 1 aliphatic rings. The number of hydrogen-bond donors (Lipinski definition) is 2. The van der Waals surface area contributed by atoms with Crippen LogP contribution in [0, 0.1) is 0 Å². The van der Waals surface area contributed by atoms with E-state index in [4.69, 9.17) is 15.2 Å². The third-order valence-corrected chi connectivity index (χ3v) is 3.19. The Kier molecular flexibility index (Phi) is 4.84. The van der Waals surface area contributed by atoms with Crippen molar-refractivity contribution in [2.24, 2.45) is 0 Å². The van der Waals surface area contributed by atoms with Gasteiger partial charge in [0.25, 0.3) is 5.91 Å². The molecule has 1 fully saturated rings. The zero-order valence-corrected chi connectivity index (χ0v) is 12.0. The van der Waals surface area contributed by atoms with Crippen LogP contribution in [0.2, 0.25) is 0 Å².